The van der Waals surface area contributed by atoms with Crippen LogP contribution >= 0.6 is 0 Å². The zero-order valence-corrected chi connectivity index (χ0v) is 13.5. The molecule has 0 aliphatic heterocycles. The molecule has 118 valence electrons. The SMILES string of the molecule is CCOC(C)(OCC)C(O)(c1ccccc1)c1ccccc1. The highest BCUT2D eigenvalue weighted by Gasteiger charge is 2.51. The van der Waals surface area contributed by atoms with E-state index in [0.29, 0.717) is 13.2 Å². The van der Waals surface area contributed by atoms with Crippen molar-refractivity contribution in [2.75, 3.05) is 13.2 Å². The highest BCUT2D eigenvalue weighted by molar-refractivity contribution is 5.38. The topological polar surface area (TPSA) is 38.7 Å². The summed E-state index contributed by atoms with van der Waals surface area (Å²) in [5, 5.41) is 11.7. The van der Waals surface area contributed by atoms with Gasteiger partial charge in [-0.05, 0) is 31.9 Å². The molecule has 0 spiro atoms. The van der Waals surface area contributed by atoms with E-state index in [9.17, 15) is 5.11 Å². The maximum absolute atomic E-state index is 11.7. The van der Waals surface area contributed by atoms with E-state index in [1.165, 1.54) is 0 Å². The lowest BCUT2D eigenvalue weighted by molar-refractivity contribution is -0.301. The minimum atomic E-state index is -1.40. The highest BCUT2D eigenvalue weighted by Crippen LogP contribution is 2.42. The molecule has 2 aromatic carbocycles. The number of rotatable bonds is 7. The van der Waals surface area contributed by atoms with Gasteiger partial charge >= 0.3 is 0 Å². The van der Waals surface area contributed by atoms with Crippen LogP contribution in [0, 0.1) is 0 Å². The molecule has 0 heterocycles. The van der Waals surface area contributed by atoms with Crippen molar-refractivity contribution >= 4 is 0 Å². The Morgan fingerprint density at radius 3 is 1.45 bits per heavy atom. The van der Waals surface area contributed by atoms with Crippen molar-refractivity contribution in [3.8, 4) is 0 Å². The normalized spacial score (nSPS) is 12.4. The first-order chi connectivity index (χ1) is 10.6. The van der Waals surface area contributed by atoms with Gasteiger partial charge < -0.3 is 14.6 Å². The molecule has 0 amide bonds. The summed E-state index contributed by atoms with van der Waals surface area (Å²) in [5.41, 5.74) is 0.0813. The van der Waals surface area contributed by atoms with Crippen LogP contribution in [0.1, 0.15) is 31.9 Å². The molecule has 0 saturated heterocycles. The first-order valence-corrected chi connectivity index (χ1v) is 7.69. The Bertz CT molecular complexity index is 520. The van der Waals surface area contributed by atoms with Crippen LogP contribution in [0.2, 0.25) is 0 Å². The maximum Gasteiger partial charge on any atom is 0.203 e. The molecule has 0 unspecified atom stereocenters. The van der Waals surface area contributed by atoms with Crippen LogP contribution in [0.15, 0.2) is 60.7 Å². The van der Waals surface area contributed by atoms with Crippen molar-refractivity contribution in [3.05, 3.63) is 71.8 Å². The fourth-order valence-corrected chi connectivity index (χ4v) is 2.85. The monoisotopic (exact) mass is 300 g/mol. The minimum absolute atomic E-state index is 0.443. The van der Waals surface area contributed by atoms with E-state index < -0.39 is 11.4 Å². The molecule has 0 aliphatic rings. The molecule has 3 nitrogen and oxygen atoms in total. The molecule has 1 N–H and O–H groups in total. The number of aliphatic hydroxyl groups is 1. The van der Waals surface area contributed by atoms with E-state index in [0.717, 1.165) is 11.1 Å². The third-order valence-corrected chi connectivity index (χ3v) is 3.88. The Balaban J connectivity index is 2.64. The van der Waals surface area contributed by atoms with Gasteiger partial charge in [0.2, 0.25) is 5.79 Å². The van der Waals surface area contributed by atoms with Crippen molar-refractivity contribution in [1.29, 1.82) is 0 Å². The van der Waals surface area contributed by atoms with Gasteiger partial charge in [0.25, 0.3) is 0 Å². The molecule has 0 bridgehead atoms. The van der Waals surface area contributed by atoms with Gasteiger partial charge in [-0.25, -0.2) is 0 Å². The van der Waals surface area contributed by atoms with E-state index in [1.54, 1.807) is 6.92 Å². The summed E-state index contributed by atoms with van der Waals surface area (Å²) in [7, 11) is 0. The molecule has 2 aromatic rings. The Hall–Kier alpha value is -1.68. The lowest BCUT2D eigenvalue weighted by Crippen LogP contribution is -2.54. The van der Waals surface area contributed by atoms with Crippen LogP contribution in [0.4, 0.5) is 0 Å². The van der Waals surface area contributed by atoms with Gasteiger partial charge in [0.15, 0.2) is 5.60 Å². The van der Waals surface area contributed by atoms with Crippen LogP contribution in [0.3, 0.4) is 0 Å². The Labute approximate surface area is 132 Å². The number of benzene rings is 2. The van der Waals surface area contributed by atoms with Crippen LogP contribution < -0.4 is 0 Å². The van der Waals surface area contributed by atoms with E-state index in [2.05, 4.69) is 0 Å². The molecule has 0 saturated carbocycles. The standard InChI is InChI=1S/C19H24O3/c1-4-21-18(3,22-5-2)19(20,16-12-8-6-9-13-16)17-14-10-7-11-15-17/h6-15,20H,4-5H2,1-3H3. The molecule has 0 aliphatic carbocycles. The third-order valence-electron chi connectivity index (χ3n) is 3.88. The number of hydrogen-bond donors (Lipinski definition) is 1. The predicted octanol–water partition coefficient (Wildman–Crippen LogP) is 3.71. The van der Waals surface area contributed by atoms with Crippen molar-refractivity contribution in [2.45, 2.75) is 32.2 Å². The van der Waals surface area contributed by atoms with Gasteiger partial charge in [-0.15, -0.1) is 0 Å². The van der Waals surface area contributed by atoms with E-state index in [1.807, 2.05) is 74.5 Å². The van der Waals surface area contributed by atoms with Gasteiger partial charge in [0, 0.05) is 13.2 Å². The van der Waals surface area contributed by atoms with Gasteiger partial charge in [-0.3, -0.25) is 0 Å². The molecule has 22 heavy (non-hydrogen) atoms. The van der Waals surface area contributed by atoms with Crippen molar-refractivity contribution in [1.82, 2.24) is 0 Å². The average molecular weight is 300 g/mol. The summed E-state index contributed by atoms with van der Waals surface area (Å²) < 4.78 is 11.7. The fraction of sp³-hybridized carbons (Fsp3) is 0.368. The van der Waals surface area contributed by atoms with Gasteiger partial charge in [0.05, 0.1) is 0 Å². The summed E-state index contributed by atoms with van der Waals surface area (Å²) in [6.07, 6.45) is 0. The van der Waals surface area contributed by atoms with Crippen molar-refractivity contribution in [2.24, 2.45) is 0 Å². The lowest BCUT2D eigenvalue weighted by atomic mass is 9.79. The van der Waals surface area contributed by atoms with Crippen LogP contribution in [-0.2, 0) is 15.1 Å². The summed E-state index contributed by atoms with van der Waals surface area (Å²) in [6.45, 7) is 6.47. The van der Waals surface area contributed by atoms with E-state index in [-0.39, 0.29) is 0 Å². The number of hydrogen-bond acceptors (Lipinski definition) is 3. The Morgan fingerprint density at radius 2 is 1.14 bits per heavy atom. The predicted molar refractivity (Wildman–Crippen MR) is 87.5 cm³/mol. The quantitative estimate of drug-likeness (QED) is 0.792. The van der Waals surface area contributed by atoms with Gasteiger partial charge in [0.1, 0.15) is 0 Å². The van der Waals surface area contributed by atoms with Crippen LogP contribution in [-0.4, -0.2) is 24.1 Å². The maximum atomic E-state index is 11.7. The molecular formula is C19H24O3. The lowest BCUT2D eigenvalue weighted by Gasteiger charge is -2.44. The van der Waals surface area contributed by atoms with Gasteiger partial charge in [-0.2, -0.15) is 0 Å². The van der Waals surface area contributed by atoms with E-state index in [4.69, 9.17) is 9.47 Å². The molecular weight excluding hydrogens is 276 g/mol. The fourth-order valence-electron chi connectivity index (χ4n) is 2.85. The second-order valence-electron chi connectivity index (χ2n) is 5.25. The van der Waals surface area contributed by atoms with Gasteiger partial charge in [-0.1, -0.05) is 60.7 Å². The summed E-state index contributed by atoms with van der Waals surface area (Å²) >= 11 is 0. The largest absolute Gasteiger partial charge is 0.375 e. The first-order valence-electron chi connectivity index (χ1n) is 7.69. The highest BCUT2D eigenvalue weighted by atomic mass is 16.7. The minimum Gasteiger partial charge on any atom is -0.375 e. The first kappa shape index (κ1) is 16.7. The zero-order chi connectivity index (χ0) is 16.1. The molecule has 0 atom stereocenters. The molecule has 3 heteroatoms. The number of ether oxygens (including phenoxy) is 2. The summed E-state index contributed by atoms with van der Waals surface area (Å²) in [6, 6.07) is 19.0. The average Bonchev–Trinajstić information content (AvgIpc) is 2.56. The van der Waals surface area contributed by atoms with Crippen molar-refractivity contribution in [3.63, 3.8) is 0 Å². The zero-order valence-electron chi connectivity index (χ0n) is 13.5. The van der Waals surface area contributed by atoms with Crippen LogP contribution in [0.5, 0.6) is 0 Å². The van der Waals surface area contributed by atoms with Crippen molar-refractivity contribution < 1.29 is 14.6 Å². The summed E-state index contributed by atoms with van der Waals surface area (Å²) in [5.74, 6) is -1.18. The van der Waals surface area contributed by atoms with E-state index >= 15 is 0 Å². The molecule has 0 fully saturated rings. The Morgan fingerprint density at radius 1 is 0.773 bits per heavy atom. The summed E-state index contributed by atoms with van der Waals surface area (Å²) in [4.78, 5) is 0. The van der Waals surface area contributed by atoms with Crippen LogP contribution in [0.25, 0.3) is 0 Å². The molecule has 2 rings (SSSR count). The second kappa shape index (κ2) is 7.05. The Kier molecular flexibility index (Phi) is 5.35. The molecule has 0 aromatic heterocycles. The smallest absolute Gasteiger partial charge is 0.203 e. The second-order valence-corrected chi connectivity index (χ2v) is 5.25. The third kappa shape index (κ3) is 2.93. The molecule has 0 radical (unpaired) electrons.